The predicted octanol–water partition coefficient (Wildman–Crippen LogP) is -0.0488. The zero-order valence-electron chi connectivity index (χ0n) is 22.2. The smallest absolute Gasteiger partial charge is 0.335 e. The minimum Gasteiger partial charge on any atom is -0.442 e. The van der Waals surface area contributed by atoms with Gasteiger partial charge in [-0.1, -0.05) is 44.2 Å². The van der Waals surface area contributed by atoms with E-state index in [0.29, 0.717) is 10.1 Å². The molecule has 2 aromatic rings. The number of ketones is 1. The number of alkyl halides is 1. The summed E-state index contributed by atoms with van der Waals surface area (Å²) in [5, 5.41) is 12.8. The molecular weight excluding hydrogens is 533 g/mol. The van der Waals surface area contributed by atoms with E-state index < -0.39 is 73.8 Å². The summed E-state index contributed by atoms with van der Waals surface area (Å²) in [6.07, 6.45) is -2.33. The van der Waals surface area contributed by atoms with Crippen molar-refractivity contribution in [2.75, 3.05) is 26.9 Å². The molecule has 2 saturated heterocycles. The standard InChI is InChI=1S/C26H32FN3O10/c1-15(2)19(28-11-17(32)16-7-5-4-6-8-16)23(34)37-14-30-18(33)9-10-29(24(30)35)22-20-21(39-25(36-3)38-20)26(12-27,13-31)40-22/h4-10,15,19-22,25,28,31H,11-14H2,1-3H3/t19?,20-,21+,22-,25?,26-/m1/s1. The number of carbonyl (C=O) groups is 2. The number of aromatic nitrogens is 2. The van der Waals surface area contributed by atoms with Crippen LogP contribution in [0.4, 0.5) is 4.39 Å². The summed E-state index contributed by atoms with van der Waals surface area (Å²) < 4.78 is 42.8. The maximum Gasteiger partial charge on any atom is 0.335 e. The number of methoxy groups -OCH3 is 1. The third kappa shape index (κ3) is 5.77. The molecule has 13 nitrogen and oxygen atoms in total. The lowest BCUT2D eigenvalue weighted by atomic mass is 9.98. The van der Waals surface area contributed by atoms with Gasteiger partial charge in [0.1, 0.15) is 24.9 Å². The molecule has 4 rings (SSSR count). The summed E-state index contributed by atoms with van der Waals surface area (Å²) in [6.45, 7) is -0.481. The molecule has 2 aliphatic rings. The third-order valence-corrected chi connectivity index (χ3v) is 6.87. The third-order valence-electron chi connectivity index (χ3n) is 6.87. The van der Waals surface area contributed by atoms with Crippen LogP contribution in [0.5, 0.6) is 0 Å². The van der Waals surface area contributed by atoms with Crippen LogP contribution in [0.15, 0.2) is 52.2 Å². The number of hydrogen-bond acceptors (Lipinski definition) is 11. The molecule has 2 fully saturated rings. The summed E-state index contributed by atoms with van der Waals surface area (Å²) in [5.41, 5.74) is -3.06. The molecule has 3 heterocycles. The zero-order chi connectivity index (χ0) is 29.0. The Bertz CT molecular complexity index is 1310. The van der Waals surface area contributed by atoms with Crippen LogP contribution in [-0.2, 0) is 35.2 Å². The monoisotopic (exact) mass is 565 g/mol. The minimum atomic E-state index is -1.83. The molecule has 2 unspecified atom stereocenters. The van der Waals surface area contributed by atoms with Gasteiger partial charge in [0.05, 0.1) is 13.2 Å². The van der Waals surface area contributed by atoms with Gasteiger partial charge in [-0.2, -0.15) is 0 Å². The van der Waals surface area contributed by atoms with E-state index in [1.54, 1.807) is 44.2 Å². The van der Waals surface area contributed by atoms with E-state index in [2.05, 4.69) is 5.32 Å². The maximum absolute atomic E-state index is 14.0. The maximum atomic E-state index is 14.0. The van der Waals surface area contributed by atoms with Gasteiger partial charge in [0.2, 0.25) is 0 Å². The number of Topliss-reactive ketones (excluding diaryl/α,β-unsaturated/α-hetero) is 1. The van der Waals surface area contributed by atoms with Crippen molar-refractivity contribution in [3.05, 3.63) is 69.0 Å². The number of nitrogens with one attached hydrogen (secondary N) is 1. The molecule has 0 amide bonds. The van der Waals surface area contributed by atoms with Crippen LogP contribution in [0.2, 0.25) is 0 Å². The first-order valence-corrected chi connectivity index (χ1v) is 12.6. The van der Waals surface area contributed by atoms with Gasteiger partial charge in [0.25, 0.3) is 12.0 Å². The zero-order valence-corrected chi connectivity index (χ0v) is 22.2. The first-order valence-electron chi connectivity index (χ1n) is 12.6. The molecule has 2 N–H and O–H groups in total. The second-order valence-electron chi connectivity index (χ2n) is 9.80. The van der Waals surface area contributed by atoms with Gasteiger partial charge in [-0.3, -0.25) is 24.3 Å². The number of rotatable bonds is 12. The summed E-state index contributed by atoms with van der Waals surface area (Å²) >= 11 is 0. The number of aliphatic hydroxyl groups excluding tert-OH is 1. The van der Waals surface area contributed by atoms with Gasteiger partial charge in [-0.05, 0) is 5.92 Å². The van der Waals surface area contributed by atoms with Crippen LogP contribution < -0.4 is 16.6 Å². The van der Waals surface area contributed by atoms with Crippen molar-refractivity contribution in [1.82, 2.24) is 14.5 Å². The normalized spacial score (nSPS) is 26.6. The highest BCUT2D eigenvalue weighted by atomic mass is 19.1. The molecule has 40 heavy (non-hydrogen) atoms. The molecule has 6 atom stereocenters. The second kappa shape index (κ2) is 12.5. The Hall–Kier alpha value is -3.27. The van der Waals surface area contributed by atoms with Gasteiger partial charge < -0.3 is 28.8 Å². The molecule has 2 aliphatic heterocycles. The van der Waals surface area contributed by atoms with E-state index >= 15 is 0 Å². The number of fused-ring (bicyclic) bond motifs is 1. The number of benzene rings is 1. The summed E-state index contributed by atoms with van der Waals surface area (Å²) in [7, 11) is 1.30. The number of halogens is 1. The molecule has 0 radical (unpaired) electrons. The van der Waals surface area contributed by atoms with Gasteiger partial charge in [0, 0.05) is 24.9 Å². The number of esters is 1. The average Bonchev–Trinajstić information content (AvgIpc) is 3.51. The lowest BCUT2D eigenvalue weighted by molar-refractivity contribution is -0.273. The van der Waals surface area contributed by atoms with Crippen LogP contribution in [0, 0.1) is 5.92 Å². The van der Waals surface area contributed by atoms with Crippen molar-refractivity contribution in [1.29, 1.82) is 0 Å². The Morgan fingerprint density at radius 2 is 1.90 bits per heavy atom. The van der Waals surface area contributed by atoms with Gasteiger partial charge in [-0.25, -0.2) is 13.8 Å². The van der Waals surface area contributed by atoms with E-state index in [4.69, 9.17) is 23.7 Å². The van der Waals surface area contributed by atoms with Crippen LogP contribution in [0.1, 0.15) is 30.4 Å². The molecule has 0 saturated carbocycles. The van der Waals surface area contributed by atoms with Crippen molar-refractivity contribution < 1.29 is 42.8 Å². The van der Waals surface area contributed by atoms with Gasteiger partial charge in [0.15, 0.2) is 24.3 Å². The van der Waals surface area contributed by atoms with E-state index in [1.807, 2.05) is 0 Å². The molecule has 218 valence electrons. The van der Waals surface area contributed by atoms with Crippen molar-refractivity contribution in [3.63, 3.8) is 0 Å². The largest absolute Gasteiger partial charge is 0.442 e. The Kier molecular flexibility index (Phi) is 9.28. The highest BCUT2D eigenvalue weighted by Crippen LogP contribution is 2.45. The van der Waals surface area contributed by atoms with Crippen LogP contribution >= 0.6 is 0 Å². The molecule has 1 aromatic carbocycles. The van der Waals surface area contributed by atoms with Gasteiger partial charge >= 0.3 is 11.7 Å². The molecule has 1 aromatic heterocycles. The van der Waals surface area contributed by atoms with Crippen molar-refractivity contribution >= 4 is 11.8 Å². The molecule has 0 aliphatic carbocycles. The molecule has 0 spiro atoms. The summed E-state index contributed by atoms with van der Waals surface area (Å²) in [4.78, 5) is 51.2. The number of nitrogens with zero attached hydrogens (tertiary/aromatic N) is 2. The highest BCUT2D eigenvalue weighted by molar-refractivity contribution is 5.97. The Balaban J connectivity index is 1.50. The number of ether oxygens (including phenoxy) is 5. The van der Waals surface area contributed by atoms with Crippen molar-refractivity contribution in [3.8, 4) is 0 Å². The Morgan fingerprint density at radius 3 is 2.52 bits per heavy atom. The number of aliphatic hydroxyl groups is 1. The van der Waals surface area contributed by atoms with Crippen molar-refractivity contribution in [2.24, 2.45) is 5.92 Å². The minimum absolute atomic E-state index is 0.132. The van der Waals surface area contributed by atoms with Crippen molar-refractivity contribution in [2.45, 2.75) is 57.1 Å². The Morgan fingerprint density at radius 1 is 1.18 bits per heavy atom. The topological polar surface area (TPSA) is 157 Å². The summed E-state index contributed by atoms with van der Waals surface area (Å²) in [5.74, 6) is -1.29. The van der Waals surface area contributed by atoms with E-state index in [9.17, 15) is 28.7 Å². The first-order chi connectivity index (χ1) is 19.2. The molecular formula is C26H32FN3O10. The quantitative estimate of drug-likeness (QED) is 0.263. The van der Waals surface area contributed by atoms with Crippen LogP contribution in [0.25, 0.3) is 0 Å². The fraction of sp³-hybridized carbons (Fsp3) is 0.538. The lowest BCUT2D eigenvalue weighted by Gasteiger charge is -2.28. The molecule has 0 bridgehead atoms. The predicted molar refractivity (Wildman–Crippen MR) is 135 cm³/mol. The first kappa shape index (κ1) is 29.7. The van der Waals surface area contributed by atoms with Crippen LogP contribution in [-0.4, -0.2) is 83.3 Å². The molecule has 14 heteroatoms. The van der Waals surface area contributed by atoms with E-state index in [0.717, 1.165) is 16.8 Å². The van der Waals surface area contributed by atoms with Crippen LogP contribution in [0.3, 0.4) is 0 Å². The van der Waals surface area contributed by atoms with E-state index in [1.165, 1.54) is 7.11 Å². The fourth-order valence-electron chi connectivity index (χ4n) is 4.63. The Labute approximate surface area is 228 Å². The summed E-state index contributed by atoms with van der Waals surface area (Å²) in [6, 6.07) is 8.69. The SMILES string of the molecule is COC1O[C@H]2[C@H](n3ccc(=O)n(COC(=O)C(NCC(=O)c4ccccc4)C(C)C)c3=O)O[C@@](CO)(CF)[C@H]2O1. The van der Waals surface area contributed by atoms with E-state index in [-0.39, 0.29) is 18.2 Å². The number of hydrogen-bond donors (Lipinski definition) is 2. The fourth-order valence-corrected chi connectivity index (χ4v) is 4.63. The lowest BCUT2D eigenvalue weighted by Crippen LogP contribution is -2.48. The highest BCUT2D eigenvalue weighted by Gasteiger charge is 2.62. The second-order valence-corrected chi connectivity index (χ2v) is 9.80. The average molecular weight is 566 g/mol. The van der Waals surface area contributed by atoms with Gasteiger partial charge in [-0.15, -0.1) is 0 Å². The number of carbonyl (C=O) groups excluding carboxylic acids is 2.